The Morgan fingerprint density at radius 1 is 1.20 bits per heavy atom. The fourth-order valence-corrected chi connectivity index (χ4v) is 2.90. The van der Waals surface area contributed by atoms with Crippen molar-refractivity contribution in [3.63, 3.8) is 0 Å². The van der Waals surface area contributed by atoms with E-state index < -0.39 is 0 Å². The highest BCUT2D eigenvalue weighted by atomic mass is 35.5. The number of benzene rings is 2. The zero-order chi connectivity index (χ0) is 17.4. The molecule has 2 N–H and O–H groups in total. The number of anilines is 1. The Bertz CT molecular complexity index is 1080. The van der Waals surface area contributed by atoms with Crippen LogP contribution in [0.2, 0.25) is 5.02 Å². The zero-order valence-corrected chi connectivity index (χ0v) is 14.1. The molecule has 4 rings (SSSR count). The van der Waals surface area contributed by atoms with Gasteiger partial charge in [-0.15, -0.1) is 5.10 Å². The van der Waals surface area contributed by atoms with Gasteiger partial charge in [-0.05, 0) is 43.3 Å². The minimum Gasteiger partial charge on any atom is -0.359 e. The van der Waals surface area contributed by atoms with Crippen molar-refractivity contribution in [2.75, 3.05) is 5.32 Å². The van der Waals surface area contributed by atoms with Crippen LogP contribution in [0.3, 0.4) is 0 Å². The normalized spacial score (nSPS) is 11.0. The van der Waals surface area contributed by atoms with Gasteiger partial charge in [0.1, 0.15) is 0 Å². The number of H-pyrrole nitrogens is 1. The summed E-state index contributed by atoms with van der Waals surface area (Å²) < 4.78 is 1.48. The van der Waals surface area contributed by atoms with Crippen LogP contribution in [0, 0.1) is 6.92 Å². The topological polar surface area (TPSA) is 75.6 Å². The van der Waals surface area contributed by atoms with E-state index in [4.69, 9.17) is 11.6 Å². The number of carbonyl (C=O) groups excluding carboxylic acids is 1. The monoisotopic (exact) mass is 351 g/mol. The Labute approximate surface area is 148 Å². The third-order valence-electron chi connectivity index (χ3n) is 3.84. The molecule has 0 aliphatic rings. The number of rotatable bonds is 3. The molecule has 124 valence electrons. The number of amides is 1. The van der Waals surface area contributed by atoms with Gasteiger partial charge in [0.25, 0.3) is 5.91 Å². The van der Waals surface area contributed by atoms with Gasteiger partial charge in [-0.3, -0.25) is 4.79 Å². The number of para-hydroxylation sites is 1. The molecule has 7 heteroatoms. The first kappa shape index (κ1) is 15.4. The second-order valence-corrected chi connectivity index (χ2v) is 6.12. The number of hydrogen-bond acceptors (Lipinski definition) is 3. The Kier molecular flexibility index (Phi) is 3.74. The lowest BCUT2D eigenvalue weighted by molar-refractivity contribution is 0.102. The molecule has 0 fully saturated rings. The van der Waals surface area contributed by atoms with Crippen molar-refractivity contribution in [3.8, 4) is 5.69 Å². The molecule has 0 unspecified atom stereocenters. The summed E-state index contributed by atoms with van der Waals surface area (Å²) in [6, 6.07) is 14.9. The van der Waals surface area contributed by atoms with E-state index >= 15 is 0 Å². The molecule has 6 nitrogen and oxygen atoms in total. The SMILES string of the molecule is Cc1cc2cc(NC(=O)c3cn(-c4ccccc4Cl)nn3)ccc2[nH]1. The van der Waals surface area contributed by atoms with Gasteiger partial charge in [0.05, 0.1) is 16.9 Å². The van der Waals surface area contributed by atoms with Crippen LogP contribution in [0.25, 0.3) is 16.6 Å². The predicted octanol–water partition coefficient (Wildman–Crippen LogP) is 3.96. The van der Waals surface area contributed by atoms with E-state index in [0.29, 0.717) is 16.4 Å². The summed E-state index contributed by atoms with van der Waals surface area (Å²) in [6.45, 7) is 1.99. The zero-order valence-electron chi connectivity index (χ0n) is 13.3. The van der Waals surface area contributed by atoms with E-state index in [0.717, 1.165) is 16.6 Å². The van der Waals surface area contributed by atoms with E-state index in [-0.39, 0.29) is 11.6 Å². The molecule has 2 heterocycles. The summed E-state index contributed by atoms with van der Waals surface area (Å²) in [5.74, 6) is -0.329. The fourth-order valence-electron chi connectivity index (χ4n) is 2.67. The molecule has 0 atom stereocenters. The van der Waals surface area contributed by atoms with Gasteiger partial charge in [-0.2, -0.15) is 0 Å². The van der Waals surface area contributed by atoms with Crippen molar-refractivity contribution in [2.24, 2.45) is 0 Å². The Hall–Kier alpha value is -3.12. The van der Waals surface area contributed by atoms with Gasteiger partial charge >= 0.3 is 0 Å². The quantitative estimate of drug-likeness (QED) is 0.586. The average Bonchev–Trinajstić information content (AvgIpc) is 3.20. The first-order valence-electron chi connectivity index (χ1n) is 7.68. The molecular formula is C18H14ClN5O. The number of aryl methyl sites for hydroxylation is 1. The van der Waals surface area contributed by atoms with E-state index in [2.05, 4.69) is 20.6 Å². The standard InChI is InChI=1S/C18H14ClN5O/c1-11-8-12-9-13(6-7-15(12)20-11)21-18(25)16-10-24(23-22-16)17-5-3-2-4-14(17)19/h2-10,20H,1H3,(H,21,25). The lowest BCUT2D eigenvalue weighted by Gasteiger charge is -2.03. The number of fused-ring (bicyclic) bond motifs is 1. The summed E-state index contributed by atoms with van der Waals surface area (Å²) in [5.41, 5.74) is 3.68. The summed E-state index contributed by atoms with van der Waals surface area (Å²) >= 11 is 6.14. The fraction of sp³-hybridized carbons (Fsp3) is 0.0556. The number of nitrogens with one attached hydrogen (secondary N) is 2. The summed E-state index contributed by atoms with van der Waals surface area (Å²) in [6.07, 6.45) is 1.55. The van der Waals surface area contributed by atoms with E-state index in [1.165, 1.54) is 4.68 Å². The largest absolute Gasteiger partial charge is 0.359 e. The number of aromatic nitrogens is 4. The molecule has 4 aromatic rings. The maximum absolute atomic E-state index is 12.4. The lowest BCUT2D eigenvalue weighted by Crippen LogP contribution is -2.12. The highest BCUT2D eigenvalue weighted by molar-refractivity contribution is 6.32. The van der Waals surface area contributed by atoms with Crippen molar-refractivity contribution < 1.29 is 4.79 Å². The number of nitrogens with zero attached hydrogens (tertiary/aromatic N) is 3. The van der Waals surface area contributed by atoms with Gasteiger partial charge in [-0.25, -0.2) is 4.68 Å². The maximum Gasteiger partial charge on any atom is 0.277 e. The van der Waals surface area contributed by atoms with Crippen LogP contribution >= 0.6 is 11.6 Å². The molecule has 2 aromatic carbocycles. The molecule has 0 bridgehead atoms. The van der Waals surface area contributed by atoms with Crippen molar-refractivity contribution >= 4 is 34.1 Å². The van der Waals surface area contributed by atoms with Crippen LogP contribution in [0.4, 0.5) is 5.69 Å². The summed E-state index contributed by atoms with van der Waals surface area (Å²) in [5, 5.41) is 12.3. The number of carbonyl (C=O) groups is 1. The van der Waals surface area contributed by atoms with Crippen LogP contribution in [-0.2, 0) is 0 Å². The third kappa shape index (κ3) is 2.99. The average molecular weight is 352 g/mol. The Morgan fingerprint density at radius 2 is 2.04 bits per heavy atom. The molecule has 0 aliphatic heterocycles. The molecule has 0 saturated heterocycles. The van der Waals surface area contributed by atoms with Crippen LogP contribution in [0.15, 0.2) is 54.7 Å². The lowest BCUT2D eigenvalue weighted by atomic mass is 10.2. The van der Waals surface area contributed by atoms with Gasteiger partial charge < -0.3 is 10.3 Å². The van der Waals surface area contributed by atoms with Gasteiger partial charge in [0.2, 0.25) is 0 Å². The molecule has 0 radical (unpaired) electrons. The predicted molar refractivity (Wildman–Crippen MR) is 97.4 cm³/mol. The van der Waals surface area contributed by atoms with Crippen molar-refractivity contribution in [3.05, 3.63) is 71.1 Å². The first-order valence-corrected chi connectivity index (χ1v) is 8.06. The number of hydrogen-bond donors (Lipinski definition) is 2. The minimum absolute atomic E-state index is 0.213. The minimum atomic E-state index is -0.329. The van der Waals surface area contributed by atoms with Gasteiger partial charge in [-0.1, -0.05) is 28.9 Å². The van der Waals surface area contributed by atoms with Crippen LogP contribution in [0.5, 0.6) is 0 Å². The van der Waals surface area contributed by atoms with Crippen molar-refractivity contribution in [1.82, 2.24) is 20.0 Å². The maximum atomic E-state index is 12.4. The van der Waals surface area contributed by atoms with Gasteiger partial charge in [0.15, 0.2) is 5.69 Å². The van der Waals surface area contributed by atoms with Crippen LogP contribution < -0.4 is 5.32 Å². The summed E-state index contributed by atoms with van der Waals surface area (Å²) in [7, 11) is 0. The number of halogens is 1. The van der Waals surface area contributed by atoms with E-state index in [1.807, 2.05) is 43.3 Å². The van der Waals surface area contributed by atoms with Crippen LogP contribution in [0.1, 0.15) is 16.2 Å². The highest BCUT2D eigenvalue weighted by Crippen LogP contribution is 2.21. The second kappa shape index (κ2) is 6.07. The molecule has 1 amide bonds. The molecule has 2 aromatic heterocycles. The highest BCUT2D eigenvalue weighted by Gasteiger charge is 2.13. The van der Waals surface area contributed by atoms with Gasteiger partial charge in [0, 0.05) is 22.3 Å². The third-order valence-corrected chi connectivity index (χ3v) is 4.16. The van der Waals surface area contributed by atoms with Crippen LogP contribution in [-0.4, -0.2) is 25.9 Å². The molecule has 25 heavy (non-hydrogen) atoms. The molecule has 0 spiro atoms. The first-order chi connectivity index (χ1) is 12.1. The second-order valence-electron chi connectivity index (χ2n) is 5.71. The van der Waals surface area contributed by atoms with E-state index in [1.54, 1.807) is 18.3 Å². The smallest absolute Gasteiger partial charge is 0.277 e. The Morgan fingerprint density at radius 3 is 2.88 bits per heavy atom. The molecule has 0 saturated carbocycles. The van der Waals surface area contributed by atoms with Crippen molar-refractivity contribution in [2.45, 2.75) is 6.92 Å². The summed E-state index contributed by atoms with van der Waals surface area (Å²) in [4.78, 5) is 15.7. The Balaban J connectivity index is 1.57. The molecule has 0 aliphatic carbocycles. The van der Waals surface area contributed by atoms with E-state index in [9.17, 15) is 4.79 Å². The molecular weight excluding hydrogens is 338 g/mol. The van der Waals surface area contributed by atoms with Crippen molar-refractivity contribution in [1.29, 1.82) is 0 Å². The number of aromatic amines is 1.